The molecule has 34 heavy (non-hydrogen) atoms. The fourth-order valence-corrected chi connectivity index (χ4v) is 5.03. The zero-order valence-corrected chi connectivity index (χ0v) is 20.2. The van der Waals surface area contributed by atoms with Gasteiger partial charge in [-0.15, -0.1) is 11.3 Å². The number of amides is 1. The van der Waals surface area contributed by atoms with Crippen molar-refractivity contribution in [1.29, 1.82) is 0 Å². The van der Waals surface area contributed by atoms with Crippen LogP contribution in [0.3, 0.4) is 0 Å². The van der Waals surface area contributed by atoms with Crippen molar-refractivity contribution >= 4 is 38.8 Å². The van der Waals surface area contributed by atoms with Crippen molar-refractivity contribution in [1.82, 2.24) is 4.98 Å². The third kappa shape index (κ3) is 4.06. The molecule has 0 atom stereocenters. The van der Waals surface area contributed by atoms with Gasteiger partial charge in [-0.3, -0.25) is 4.79 Å². The summed E-state index contributed by atoms with van der Waals surface area (Å²) >= 11 is 1.33. The summed E-state index contributed by atoms with van der Waals surface area (Å²) in [5, 5.41) is 3.82. The molecule has 5 rings (SSSR count). The Morgan fingerprint density at radius 3 is 2.29 bits per heavy atom. The number of carbonyl (C=O) groups excluding carboxylic acids is 1. The second-order valence-electron chi connectivity index (χ2n) is 8.57. The Morgan fingerprint density at radius 1 is 0.853 bits per heavy atom. The van der Waals surface area contributed by atoms with Crippen molar-refractivity contribution in [3.8, 4) is 22.4 Å². The Morgan fingerprint density at radius 2 is 1.59 bits per heavy atom. The highest BCUT2D eigenvalue weighted by atomic mass is 32.1. The van der Waals surface area contributed by atoms with Gasteiger partial charge in [-0.1, -0.05) is 66.2 Å². The van der Waals surface area contributed by atoms with Crippen molar-refractivity contribution in [2.24, 2.45) is 0 Å². The number of aryl methyl sites for hydroxylation is 3. The number of benzene rings is 3. The molecule has 5 aromatic rings. The number of nitrogens with two attached hydrogens (primary N) is 1. The van der Waals surface area contributed by atoms with Crippen LogP contribution in [0.4, 0.5) is 11.4 Å². The van der Waals surface area contributed by atoms with E-state index in [0.717, 1.165) is 43.9 Å². The molecule has 0 fully saturated rings. The molecule has 0 aliphatic carbocycles. The second kappa shape index (κ2) is 8.76. The number of thiophene rings is 1. The van der Waals surface area contributed by atoms with Crippen LogP contribution in [0.25, 0.3) is 32.6 Å². The van der Waals surface area contributed by atoms with E-state index >= 15 is 0 Å². The number of nitrogen functional groups attached to an aromatic ring is 1. The van der Waals surface area contributed by atoms with E-state index < -0.39 is 0 Å². The number of pyridine rings is 1. The monoisotopic (exact) mass is 463 g/mol. The van der Waals surface area contributed by atoms with E-state index in [2.05, 4.69) is 42.6 Å². The van der Waals surface area contributed by atoms with Gasteiger partial charge in [-0.2, -0.15) is 0 Å². The van der Waals surface area contributed by atoms with Crippen LogP contribution in [0.5, 0.6) is 0 Å². The predicted octanol–water partition coefficient (Wildman–Crippen LogP) is 7.39. The van der Waals surface area contributed by atoms with Gasteiger partial charge in [0.15, 0.2) is 0 Å². The number of nitrogens with one attached hydrogen (secondary N) is 1. The van der Waals surface area contributed by atoms with Crippen LogP contribution in [0.1, 0.15) is 26.4 Å². The maximum absolute atomic E-state index is 13.2. The van der Waals surface area contributed by atoms with Gasteiger partial charge in [-0.25, -0.2) is 4.98 Å². The Labute approximate surface area is 203 Å². The molecule has 1 amide bonds. The SMILES string of the molecule is Cc1ccc(-c2cc(-c3ccccc3)nc3sc(C(=O)Nc4ccc(C)c(C)c4)c(N)c23)cc1. The van der Waals surface area contributed by atoms with E-state index in [4.69, 9.17) is 10.7 Å². The largest absolute Gasteiger partial charge is 0.397 e. The number of rotatable bonds is 4. The summed E-state index contributed by atoms with van der Waals surface area (Å²) in [5.74, 6) is -0.222. The molecular formula is C29H25N3OS. The number of hydrogen-bond donors (Lipinski definition) is 2. The van der Waals surface area contributed by atoms with Gasteiger partial charge >= 0.3 is 0 Å². The Hall–Kier alpha value is -3.96. The first-order chi connectivity index (χ1) is 16.4. The van der Waals surface area contributed by atoms with Gasteiger partial charge in [0.1, 0.15) is 9.71 Å². The molecule has 0 saturated heterocycles. The number of carbonyl (C=O) groups is 1. The van der Waals surface area contributed by atoms with E-state index in [1.807, 2.05) is 62.4 Å². The fourth-order valence-electron chi connectivity index (χ4n) is 4.01. The third-order valence-electron chi connectivity index (χ3n) is 6.10. The van der Waals surface area contributed by atoms with Crippen LogP contribution in [-0.4, -0.2) is 10.9 Å². The molecule has 0 aliphatic rings. The van der Waals surface area contributed by atoms with Gasteiger partial charge < -0.3 is 11.1 Å². The highest BCUT2D eigenvalue weighted by Gasteiger charge is 2.22. The highest BCUT2D eigenvalue weighted by molar-refractivity contribution is 7.21. The van der Waals surface area contributed by atoms with Crippen LogP contribution in [0.2, 0.25) is 0 Å². The molecule has 0 bridgehead atoms. The highest BCUT2D eigenvalue weighted by Crippen LogP contribution is 2.41. The lowest BCUT2D eigenvalue weighted by Crippen LogP contribution is -2.12. The molecular weight excluding hydrogens is 438 g/mol. The van der Waals surface area contributed by atoms with Crippen LogP contribution < -0.4 is 11.1 Å². The summed E-state index contributed by atoms with van der Waals surface area (Å²) in [7, 11) is 0. The number of nitrogens with zero attached hydrogens (tertiary/aromatic N) is 1. The molecule has 0 aliphatic heterocycles. The summed E-state index contributed by atoms with van der Waals surface area (Å²) in [4.78, 5) is 19.4. The lowest BCUT2D eigenvalue weighted by Gasteiger charge is -2.09. The zero-order chi connectivity index (χ0) is 23.8. The van der Waals surface area contributed by atoms with Gasteiger partial charge in [-0.05, 0) is 61.2 Å². The molecule has 0 unspecified atom stereocenters. The minimum absolute atomic E-state index is 0.222. The van der Waals surface area contributed by atoms with Crippen molar-refractivity contribution < 1.29 is 4.79 Å². The summed E-state index contributed by atoms with van der Waals surface area (Å²) in [6.45, 7) is 6.14. The summed E-state index contributed by atoms with van der Waals surface area (Å²) in [6, 6.07) is 26.4. The first kappa shape index (κ1) is 21.9. The van der Waals surface area contributed by atoms with Gasteiger partial charge in [0.25, 0.3) is 5.91 Å². The average Bonchev–Trinajstić information content (AvgIpc) is 3.18. The summed E-state index contributed by atoms with van der Waals surface area (Å²) < 4.78 is 0. The lowest BCUT2D eigenvalue weighted by molar-refractivity contribution is 0.103. The molecule has 0 saturated carbocycles. The quantitative estimate of drug-likeness (QED) is 0.292. The number of fused-ring (bicyclic) bond motifs is 1. The minimum Gasteiger partial charge on any atom is -0.397 e. The van der Waals surface area contributed by atoms with E-state index in [1.165, 1.54) is 22.5 Å². The van der Waals surface area contributed by atoms with Crippen LogP contribution in [0, 0.1) is 20.8 Å². The number of aromatic nitrogens is 1. The van der Waals surface area contributed by atoms with E-state index in [0.29, 0.717) is 10.6 Å². The molecule has 2 aromatic heterocycles. The smallest absolute Gasteiger partial charge is 0.267 e. The Bertz CT molecular complexity index is 1520. The Balaban J connectivity index is 1.65. The van der Waals surface area contributed by atoms with Crippen molar-refractivity contribution in [3.63, 3.8) is 0 Å². The van der Waals surface area contributed by atoms with Crippen LogP contribution >= 0.6 is 11.3 Å². The standard InChI is InChI=1S/C29H25N3OS/c1-17-9-12-20(13-10-17)23-16-24(21-7-5-4-6-8-21)32-29-25(23)26(30)27(34-29)28(33)31-22-14-11-18(2)19(3)15-22/h4-16H,30H2,1-3H3,(H,31,33). The van der Waals surface area contributed by atoms with E-state index in [-0.39, 0.29) is 5.91 Å². The van der Waals surface area contributed by atoms with Crippen molar-refractivity contribution in [3.05, 3.63) is 100 Å². The maximum Gasteiger partial charge on any atom is 0.267 e. The molecule has 0 radical (unpaired) electrons. The molecule has 5 heteroatoms. The summed E-state index contributed by atoms with van der Waals surface area (Å²) in [5.41, 5.74) is 15.2. The minimum atomic E-state index is -0.222. The van der Waals surface area contributed by atoms with E-state index in [1.54, 1.807) is 0 Å². The first-order valence-electron chi connectivity index (χ1n) is 11.1. The van der Waals surface area contributed by atoms with Crippen LogP contribution in [0.15, 0.2) is 78.9 Å². The second-order valence-corrected chi connectivity index (χ2v) is 9.56. The van der Waals surface area contributed by atoms with Gasteiger partial charge in [0.2, 0.25) is 0 Å². The molecule has 3 N–H and O–H groups in total. The van der Waals surface area contributed by atoms with Crippen molar-refractivity contribution in [2.75, 3.05) is 11.1 Å². The first-order valence-corrected chi connectivity index (χ1v) is 12.0. The fraction of sp³-hybridized carbons (Fsp3) is 0.103. The van der Waals surface area contributed by atoms with Gasteiger partial charge in [0.05, 0.1) is 11.4 Å². The topological polar surface area (TPSA) is 68.0 Å². The normalized spacial score (nSPS) is 11.0. The van der Waals surface area contributed by atoms with Crippen LogP contribution in [-0.2, 0) is 0 Å². The Kier molecular flexibility index (Phi) is 5.64. The molecule has 168 valence electrons. The zero-order valence-electron chi connectivity index (χ0n) is 19.3. The van der Waals surface area contributed by atoms with Gasteiger partial charge in [0, 0.05) is 16.6 Å². The molecule has 0 spiro atoms. The number of hydrogen-bond acceptors (Lipinski definition) is 4. The van der Waals surface area contributed by atoms with E-state index in [9.17, 15) is 4.79 Å². The third-order valence-corrected chi connectivity index (χ3v) is 7.20. The summed E-state index contributed by atoms with van der Waals surface area (Å²) in [6.07, 6.45) is 0. The molecule has 4 nitrogen and oxygen atoms in total. The lowest BCUT2D eigenvalue weighted by atomic mass is 9.98. The molecule has 3 aromatic carbocycles. The molecule has 2 heterocycles. The number of anilines is 2. The van der Waals surface area contributed by atoms with Crippen molar-refractivity contribution in [2.45, 2.75) is 20.8 Å². The predicted molar refractivity (Wildman–Crippen MR) is 144 cm³/mol. The average molecular weight is 464 g/mol. The maximum atomic E-state index is 13.2.